The van der Waals surface area contributed by atoms with Gasteiger partial charge in [0.25, 0.3) is 20.2 Å². The number of anilines is 10. The summed E-state index contributed by atoms with van der Waals surface area (Å²) < 4.78 is 71.1. The van der Waals surface area contributed by atoms with Gasteiger partial charge in [-0.05, 0) is 78.9 Å². The van der Waals surface area contributed by atoms with Gasteiger partial charge in [0.15, 0.2) is 17.3 Å². The summed E-state index contributed by atoms with van der Waals surface area (Å²) in [5.74, 6) is -3.82. The lowest BCUT2D eigenvalue weighted by Crippen LogP contribution is -2.25. The molecule has 1 heterocycles. The van der Waals surface area contributed by atoms with Crippen LogP contribution in [0.3, 0.4) is 0 Å². The number of benzene rings is 5. The molecule has 10 N–H and O–H groups in total. The normalized spacial score (nSPS) is 14.0. The number of carbonyl (C=O) groups excluding carboxylic acids is 3. The molecule has 8 rings (SSSR count). The van der Waals surface area contributed by atoms with Crippen molar-refractivity contribution in [2.75, 3.05) is 32.4 Å². The number of aromatic nitrogens is 3. The van der Waals surface area contributed by atoms with E-state index in [-0.39, 0.29) is 57.3 Å². The predicted molar refractivity (Wildman–Crippen MR) is 237 cm³/mol. The van der Waals surface area contributed by atoms with Gasteiger partial charge in [0.1, 0.15) is 15.4 Å². The largest absolute Gasteiger partial charge is 0.478 e. The molecule has 65 heavy (non-hydrogen) atoms. The Kier molecular flexibility index (Phi) is 11.2. The number of carbonyl (C=O) groups is 4. The first-order valence-corrected chi connectivity index (χ1v) is 21.6. The summed E-state index contributed by atoms with van der Waals surface area (Å²) in [6.45, 7) is 0. The number of ketones is 3. The van der Waals surface area contributed by atoms with Crippen molar-refractivity contribution in [1.82, 2.24) is 15.0 Å². The standard InChI is InChI=1S/C42H30N10O11S2/c43-36-33(65(61,62)63)20-30(34-35(36)38(55)27-9-5-4-8-26(27)37(34)54)44-24-14-16-29(32(19-24)64(58,59)60)47-42-49-40(45-21-6-2-1-3-7-21)48-41(50-42)46-22-10-12-23(13-11-22)51-52-25-15-17-31(53)28(18-25)39(56)57/h1-20,44,51H,43H2,(H,56,57)(H,58,59,60)(H,61,62,63)(H3,45,46,47,48,49,50)/b52-25+. The average Bonchev–Trinajstić information content (AvgIpc) is 3.26. The van der Waals surface area contributed by atoms with Gasteiger partial charge in [-0.3, -0.25) is 28.9 Å². The lowest BCUT2D eigenvalue weighted by atomic mass is 9.82. The molecule has 23 heteroatoms. The predicted octanol–water partition coefficient (Wildman–Crippen LogP) is 5.61. The third kappa shape index (κ3) is 9.13. The highest BCUT2D eigenvalue weighted by atomic mass is 32.2. The Morgan fingerprint density at radius 2 is 1.12 bits per heavy atom. The molecule has 326 valence electrons. The summed E-state index contributed by atoms with van der Waals surface area (Å²) >= 11 is 0. The number of rotatable bonds is 13. The van der Waals surface area contributed by atoms with Crippen molar-refractivity contribution in [3.8, 4) is 0 Å². The highest BCUT2D eigenvalue weighted by Gasteiger charge is 2.36. The van der Waals surface area contributed by atoms with Gasteiger partial charge in [0.2, 0.25) is 17.8 Å². The van der Waals surface area contributed by atoms with E-state index in [1.165, 1.54) is 42.5 Å². The van der Waals surface area contributed by atoms with E-state index in [1.807, 2.05) is 0 Å². The fourth-order valence-corrected chi connectivity index (χ4v) is 7.95. The van der Waals surface area contributed by atoms with Crippen LogP contribution in [0.25, 0.3) is 0 Å². The van der Waals surface area contributed by atoms with E-state index in [1.54, 1.807) is 54.6 Å². The van der Waals surface area contributed by atoms with Crippen LogP contribution in [0.1, 0.15) is 31.8 Å². The number of allylic oxidation sites excluding steroid dienone is 3. The van der Waals surface area contributed by atoms with Gasteiger partial charge < -0.3 is 32.1 Å². The first-order valence-electron chi connectivity index (χ1n) is 18.7. The lowest BCUT2D eigenvalue weighted by Gasteiger charge is -2.24. The maximum atomic E-state index is 13.8. The fraction of sp³-hybridized carbons (Fsp3) is 0. The molecule has 0 bridgehead atoms. The number of hydrogen-bond donors (Lipinski definition) is 9. The summed E-state index contributed by atoms with van der Waals surface area (Å²) in [5.41, 5.74) is 7.86. The van der Waals surface area contributed by atoms with Crippen molar-refractivity contribution in [2.45, 2.75) is 9.79 Å². The molecule has 2 aliphatic carbocycles. The van der Waals surface area contributed by atoms with Gasteiger partial charge in [-0.25, -0.2) is 4.79 Å². The Balaban J connectivity index is 1.10. The van der Waals surface area contributed by atoms with Crippen molar-refractivity contribution >= 4 is 107 Å². The number of nitrogens with zero attached hydrogens (tertiary/aromatic N) is 4. The maximum absolute atomic E-state index is 13.8. The molecule has 0 aliphatic heterocycles. The Labute approximate surface area is 367 Å². The molecule has 0 atom stereocenters. The molecular formula is C42H30N10O11S2. The summed E-state index contributed by atoms with van der Waals surface area (Å²) in [4.78, 5) is 62.1. The Morgan fingerprint density at radius 3 is 1.72 bits per heavy atom. The molecule has 0 spiro atoms. The molecule has 0 saturated heterocycles. The third-order valence-corrected chi connectivity index (χ3v) is 11.4. The molecule has 6 aromatic rings. The lowest BCUT2D eigenvalue weighted by molar-refractivity contribution is -0.134. The van der Waals surface area contributed by atoms with Crippen LogP contribution in [0.4, 0.5) is 57.7 Å². The molecule has 0 saturated carbocycles. The zero-order valence-electron chi connectivity index (χ0n) is 32.8. The molecule has 21 nitrogen and oxygen atoms in total. The van der Waals surface area contributed by atoms with Crippen molar-refractivity contribution in [3.05, 3.63) is 149 Å². The van der Waals surface area contributed by atoms with Crippen LogP contribution in [0.15, 0.2) is 142 Å². The molecule has 5 aromatic carbocycles. The van der Waals surface area contributed by atoms with Gasteiger partial charge in [-0.2, -0.15) is 36.9 Å². The van der Waals surface area contributed by atoms with Crippen LogP contribution in [0, 0.1) is 0 Å². The number of aliphatic carboxylic acids is 1. The van der Waals surface area contributed by atoms with E-state index in [9.17, 15) is 50.2 Å². The Morgan fingerprint density at radius 1 is 0.585 bits per heavy atom. The number of nitrogens with two attached hydrogens (primary N) is 1. The minimum absolute atomic E-state index is 0.00615. The molecule has 2 aliphatic rings. The molecule has 0 unspecified atom stereocenters. The van der Waals surface area contributed by atoms with Gasteiger partial charge >= 0.3 is 5.97 Å². The molecule has 0 amide bonds. The third-order valence-electron chi connectivity index (χ3n) is 9.58. The number of nitrogens with one attached hydrogen (secondary N) is 5. The summed E-state index contributed by atoms with van der Waals surface area (Å²) in [7, 11) is -10.1. The van der Waals surface area contributed by atoms with Crippen molar-refractivity contribution in [3.63, 3.8) is 0 Å². The van der Waals surface area contributed by atoms with Crippen LogP contribution in [-0.2, 0) is 29.8 Å². The maximum Gasteiger partial charge on any atom is 0.339 e. The molecule has 0 radical (unpaired) electrons. The molecule has 0 fully saturated rings. The van der Waals surface area contributed by atoms with E-state index < -0.39 is 70.2 Å². The second kappa shape index (κ2) is 16.9. The smallest absolute Gasteiger partial charge is 0.339 e. The SMILES string of the molecule is Nc1c(S(=O)(=O)O)cc(Nc2ccc(Nc3nc(Nc4ccccc4)nc(Nc4ccc(N/N=C5\C=CC(=O)C(C(=O)O)=C5)cc4)n3)c(S(=O)(=O)O)c2)c2c1C(=O)c1ccccc1C2=O. The van der Waals surface area contributed by atoms with Gasteiger partial charge in [-0.15, -0.1) is 0 Å². The minimum atomic E-state index is -5.07. The number of fused-ring (bicyclic) bond motifs is 2. The topological polar surface area (TPSA) is 334 Å². The van der Waals surface area contributed by atoms with Crippen molar-refractivity contribution < 1.29 is 50.2 Å². The van der Waals surface area contributed by atoms with Crippen LogP contribution in [-0.4, -0.2) is 75.0 Å². The number of hydrazone groups is 1. The van der Waals surface area contributed by atoms with Crippen molar-refractivity contribution in [1.29, 1.82) is 0 Å². The van der Waals surface area contributed by atoms with E-state index in [4.69, 9.17) is 5.73 Å². The van der Waals surface area contributed by atoms with E-state index >= 15 is 0 Å². The number of hydrogen-bond acceptors (Lipinski definition) is 18. The second-order valence-electron chi connectivity index (χ2n) is 13.9. The van der Waals surface area contributed by atoms with E-state index in [2.05, 4.69) is 46.7 Å². The van der Waals surface area contributed by atoms with Gasteiger partial charge in [0, 0.05) is 28.2 Å². The number of carboxylic acids is 1. The average molecular weight is 915 g/mol. The highest BCUT2D eigenvalue weighted by molar-refractivity contribution is 7.86. The first kappa shape index (κ1) is 43.0. The Bertz CT molecular complexity index is 3340. The second-order valence-corrected chi connectivity index (χ2v) is 16.7. The summed E-state index contributed by atoms with van der Waals surface area (Å²) in [5, 5.41) is 24.9. The van der Waals surface area contributed by atoms with Gasteiger partial charge in [0.05, 0.1) is 39.6 Å². The van der Waals surface area contributed by atoms with Crippen LogP contribution < -0.4 is 32.4 Å². The van der Waals surface area contributed by atoms with E-state index in [0.29, 0.717) is 17.1 Å². The Hall–Kier alpha value is -8.64. The van der Waals surface area contributed by atoms with E-state index in [0.717, 1.165) is 24.3 Å². The number of nitrogen functional groups attached to an aromatic ring is 1. The van der Waals surface area contributed by atoms with Crippen LogP contribution in [0.2, 0.25) is 0 Å². The zero-order chi connectivity index (χ0) is 46.2. The first-order chi connectivity index (χ1) is 30.9. The summed E-state index contributed by atoms with van der Waals surface area (Å²) in [6.07, 6.45) is 3.59. The number of carboxylic acid groups (broad SMARTS) is 1. The minimum Gasteiger partial charge on any atom is -0.478 e. The highest BCUT2D eigenvalue weighted by Crippen LogP contribution is 2.41. The summed E-state index contributed by atoms with van der Waals surface area (Å²) in [6, 6.07) is 25.3. The van der Waals surface area contributed by atoms with Crippen LogP contribution in [0.5, 0.6) is 0 Å². The number of para-hydroxylation sites is 1. The fourth-order valence-electron chi connectivity index (χ4n) is 6.63. The molecular weight excluding hydrogens is 885 g/mol. The molecule has 1 aromatic heterocycles. The van der Waals surface area contributed by atoms with Gasteiger partial charge in [-0.1, -0.05) is 42.5 Å². The zero-order valence-corrected chi connectivity index (χ0v) is 34.5. The monoisotopic (exact) mass is 914 g/mol. The van der Waals surface area contributed by atoms with Crippen molar-refractivity contribution in [2.24, 2.45) is 5.10 Å². The van der Waals surface area contributed by atoms with Crippen LogP contribution >= 0.6 is 0 Å². The quantitative estimate of drug-likeness (QED) is 0.0223.